The van der Waals surface area contributed by atoms with Gasteiger partial charge in [0.15, 0.2) is 11.5 Å². The first-order valence-corrected chi connectivity index (χ1v) is 8.27. The molecule has 19 heavy (non-hydrogen) atoms. The van der Waals surface area contributed by atoms with E-state index >= 15 is 0 Å². The molecule has 1 aromatic carbocycles. The second-order valence-electron chi connectivity index (χ2n) is 5.03. The van der Waals surface area contributed by atoms with Crippen LogP contribution in [0.25, 0.3) is 0 Å². The highest BCUT2D eigenvalue weighted by Gasteiger charge is 2.23. The first-order chi connectivity index (χ1) is 9.31. The number of rotatable bonds is 3. The number of benzene rings is 1. The van der Waals surface area contributed by atoms with E-state index in [4.69, 9.17) is 9.47 Å². The molecule has 0 aliphatic carbocycles. The largest absolute Gasteiger partial charge is 0.486 e. The van der Waals surface area contributed by atoms with Crippen LogP contribution in [-0.2, 0) is 10.8 Å². The Labute approximate surface area is 115 Å². The lowest BCUT2D eigenvalue weighted by atomic mass is 10.1. The molecule has 5 heteroatoms. The van der Waals surface area contributed by atoms with Gasteiger partial charge in [-0.1, -0.05) is 12.1 Å². The van der Waals surface area contributed by atoms with E-state index < -0.39 is 10.8 Å². The summed E-state index contributed by atoms with van der Waals surface area (Å²) in [6.45, 7) is 1.37. The van der Waals surface area contributed by atoms with Crippen molar-refractivity contribution in [3.63, 3.8) is 0 Å². The highest BCUT2D eigenvalue weighted by molar-refractivity contribution is 7.85. The van der Waals surface area contributed by atoms with E-state index in [0.717, 1.165) is 42.4 Å². The predicted molar refractivity (Wildman–Crippen MR) is 75.3 cm³/mol. The first-order valence-electron chi connectivity index (χ1n) is 6.78. The summed E-state index contributed by atoms with van der Waals surface area (Å²) in [5.41, 5.74) is 0. The predicted octanol–water partition coefficient (Wildman–Crippen LogP) is 1.33. The zero-order valence-corrected chi connectivity index (χ0v) is 11.7. The fraction of sp³-hybridized carbons (Fsp3) is 0.571. The van der Waals surface area contributed by atoms with Crippen LogP contribution in [0.5, 0.6) is 11.5 Å². The van der Waals surface area contributed by atoms with Gasteiger partial charge in [-0.3, -0.25) is 4.21 Å². The highest BCUT2D eigenvalue weighted by Crippen LogP contribution is 2.30. The van der Waals surface area contributed by atoms with Gasteiger partial charge in [0.2, 0.25) is 0 Å². The monoisotopic (exact) mass is 281 g/mol. The van der Waals surface area contributed by atoms with Gasteiger partial charge in [0, 0.05) is 34.9 Å². The summed E-state index contributed by atoms with van der Waals surface area (Å²) in [7, 11) is -0.595. The van der Waals surface area contributed by atoms with Crippen molar-refractivity contribution in [3.8, 4) is 11.5 Å². The third-order valence-electron chi connectivity index (χ3n) is 3.59. The molecule has 3 rings (SSSR count). The molecule has 1 atom stereocenters. The minimum absolute atomic E-state index is 0.0577. The van der Waals surface area contributed by atoms with Crippen molar-refractivity contribution in [2.24, 2.45) is 0 Å². The van der Waals surface area contributed by atoms with E-state index in [2.05, 4.69) is 5.32 Å². The quantitative estimate of drug-likeness (QED) is 0.908. The average molecular weight is 281 g/mol. The Kier molecular flexibility index (Phi) is 4.03. The van der Waals surface area contributed by atoms with Crippen LogP contribution in [0.15, 0.2) is 24.3 Å². The molecule has 1 saturated heterocycles. The SMILES string of the molecule is O=S1CCC(NCC2COc3ccccc3O2)CC1. The van der Waals surface area contributed by atoms with E-state index in [1.807, 2.05) is 24.3 Å². The number of fused-ring (bicyclic) bond motifs is 1. The third kappa shape index (κ3) is 3.28. The van der Waals surface area contributed by atoms with Crippen LogP contribution in [0.4, 0.5) is 0 Å². The Morgan fingerprint density at radius 1 is 1.21 bits per heavy atom. The van der Waals surface area contributed by atoms with E-state index in [1.54, 1.807) is 0 Å². The molecule has 2 aliphatic rings. The summed E-state index contributed by atoms with van der Waals surface area (Å²) in [6.07, 6.45) is 2.05. The molecule has 1 N–H and O–H groups in total. The molecule has 0 bridgehead atoms. The smallest absolute Gasteiger partial charge is 0.161 e. The second kappa shape index (κ2) is 5.92. The van der Waals surface area contributed by atoms with Gasteiger partial charge in [-0.2, -0.15) is 0 Å². The maximum atomic E-state index is 11.3. The Morgan fingerprint density at radius 3 is 2.74 bits per heavy atom. The first kappa shape index (κ1) is 12.9. The Bertz CT molecular complexity index is 456. The van der Waals surface area contributed by atoms with Crippen molar-refractivity contribution in [2.75, 3.05) is 24.7 Å². The van der Waals surface area contributed by atoms with Gasteiger partial charge in [0.05, 0.1) is 0 Å². The molecule has 2 heterocycles. The van der Waals surface area contributed by atoms with Crippen molar-refractivity contribution in [3.05, 3.63) is 24.3 Å². The average Bonchev–Trinajstić information content (AvgIpc) is 2.46. The molecule has 0 amide bonds. The molecule has 1 unspecified atom stereocenters. The van der Waals surface area contributed by atoms with Crippen LogP contribution >= 0.6 is 0 Å². The lowest BCUT2D eigenvalue weighted by molar-refractivity contribution is 0.0878. The molecule has 2 aliphatic heterocycles. The zero-order chi connectivity index (χ0) is 13.1. The van der Waals surface area contributed by atoms with Crippen molar-refractivity contribution >= 4 is 10.8 Å². The summed E-state index contributed by atoms with van der Waals surface area (Å²) in [6, 6.07) is 8.23. The van der Waals surface area contributed by atoms with E-state index in [1.165, 1.54) is 0 Å². The van der Waals surface area contributed by atoms with Crippen LogP contribution < -0.4 is 14.8 Å². The van der Waals surface area contributed by atoms with Crippen LogP contribution in [-0.4, -0.2) is 41.0 Å². The number of hydrogen-bond acceptors (Lipinski definition) is 4. The highest BCUT2D eigenvalue weighted by atomic mass is 32.2. The maximum Gasteiger partial charge on any atom is 0.161 e. The molecular weight excluding hydrogens is 262 g/mol. The van der Waals surface area contributed by atoms with Crippen molar-refractivity contribution in [1.82, 2.24) is 5.32 Å². The van der Waals surface area contributed by atoms with Gasteiger partial charge in [-0.05, 0) is 25.0 Å². The van der Waals surface area contributed by atoms with Gasteiger partial charge in [-0.25, -0.2) is 0 Å². The van der Waals surface area contributed by atoms with Crippen LogP contribution in [0.2, 0.25) is 0 Å². The zero-order valence-electron chi connectivity index (χ0n) is 10.8. The lowest BCUT2D eigenvalue weighted by Crippen LogP contribution is -2.44. The normalized spacial score (nSPS) is 30.0. The lowest BCUT2D eigenvalue weighted by Gasteiger charge is -2.29. The van der Waals surface area contributed by atoms with Gasteiger partial charge in [0.1, 0.15) is 12.7 Å². The number of hydrogen-bond donors (Lipinski definition) is 1. The van der Waals surface area contributed by atoms with Crippen LogP contribution in [0.1, 0.15) is 12.8 Å². The maximum absolute atomic E-state index is 11.3. The standard InChI is InChI=1S/C14H19NO3S/c16-19-7-5-11(6-8-19)15-9-12-10-17-13-3-1-2-4-14(13)18-12/h1-4,11-12,15H,5-10H2. The summed E-state index contributed by atoms with van der Waals surface area (Å²) >= 11 is 0. The number of nitrogens with one attached hydrogen (secondary N) is 1. The van der Waals surface area contributed by atoms with Crippen molar-refractivity contribution in [1.29, 1.82) is 0 Å². The van der Waals surface area contributed by atoms with Crippen LogP contribution in [0, 0.1) is 0 Å². The molecule has 0 radical (unpaired) electrons. The van der Waals surface area contributed by atoms with Crippen LogP contribution in [0.3, 0.4) is 0 Å². The van der Waals surface area contributed by atoms with Gasteiger partial charge in [0.25, 0.3) is 0 Å². The third-order valence-corrected chi connectivity index (χ3v) is 4.97. The van der Waals surface area contributed by atoms with Gasteiger partial charge >= 0.3 is 0 Å². The van der Waals surface area contributed by atoms with Gasteiger partial charge in [-0.15, -0.1) is 0 Å². The van der Waals surface area contributed by atoms with Crippen molar-refractivity contribution in [2.45, 2.75) is 25.0 Å². The summed E-state index contributed by atoms with van der Waals surface area (Å²) in [4.78, 5) is 0. The van der Waals surface area contributed by atoms with E-state index in [-0.39, 0.29) is 6.10 Å². The summed E-state index contributed by atoms with van der Waals surface area (Å²) in [5, 5.41) is 3.50. The molecule has 1 fully saturated rings. The van der Waals surface area contributed by atoms with Gasteiger partial charge < -0.3 is 14.8 Å². The fourth-order valence-electron chi connectivity index (χ4n) is 2.46. The summed E-state index contributed by atoms with van der Waals surface area (Å²) < 4.78 is 22.9. The van der Waals surface area contributed by atoms with Crippen molar-refractivity contribution < 1.29 is 13.7 Å². The molecule has 0 saturated carbocycles. The molecule has 0 aromatic heterocycles. The summed E-state index contributed by atoms with van der Waals surface area (Å²) in [5.74, 6) is 3.29. The fourth-order valence-corrected chi connectivity index (χ4v) is 3.76. The minimum atomic E-state index is -0.595. The molecule has 4 nitrogen and oxygen atoms in total. The molecule has 1 aromatic rings. The minimum Gasteiger partial charge on any atom is -0.486 e. The second-order valence-corrected chi connectivity index (χ2v) is 6.72. The Balaban J connectivity index is 1.48. The van der Waals surface area contributed by atoms with E-state index in [0.29, 0.717) is 12.6 Å². The Hall–Kier alpha value is -1.07. The number of ether oxygens (including phenoxy) is 2. The van der Waals surface area contributed by atoms with E-state index in [9.17, 15) is 4.21 Å². The molecular formula is C14H19NO3S. The number of para-hydroxylation sites is 2. The topological polar surface area (TPSA) is 47.6 Å². The Morgan fingerprint density at radius 2 is 1.95 bits per heavy atom. The molecule has 0 spiro atoms. The molecule has 104 valence electrons.